The second-order valence-corrected chi connectivity index (χ2v) is 7.14. The lowest BCUT2D eigenvalue weighted by Gasteiger charge is -2.39. The molecule has 2 aliphatic rings. The minimum atomic E-state index is -0.976. The Hall–Kier alpha value is -0.500. The Labute approximate surface area is 121 Å². The van der Waals surface area contributed by atoms with Crippen LogP contribution in [0.2, 0.25) is 0 Å². The summed E-state index contributed by atoms with van der Waals surface area (Å²) < 4.78 is 0. The van der Waals surface area contributed by atoms with Crippen LogP contribution in [0.15, 0.2) is 12.7 Å². The van der Waals surface area contributed by atoms with E-state index in [1.807, 2.05) is 6.08 Å². The van der Waals surface area contributed by atoms with Gasteiger partial charge in [0.05, 0.1) is 0 Å². The summed E-state index contributed by atoms with van der Waals surface area (Å²) >= 11 is 6.17. The summed E-state index contributed by atoms with van der Waals surface area (Å²) in [7, 11) is 0. The highest BCUT2D eigenvalue weighted by molar-refractivity contribution is 6.33. The summed E-state index contributed by atoms with van der Waals surface area (Å²) in [6.45, 7) is 3.83. The minimum absolute atomic E-state index is 0.640. The average molecular weight is 285 g/mol. The number of aliphatic carboxylic acids is 1. The topological polar surface area (TPSA) is 37.3 Å². The molecule has 2 fully saturated rings. The summed E-state index contributed by atoms with van der Waals surface area (Å²) in [6.07, 6.45) is 11.7. The summed E-state index contributed by atoms with van der Waals surface area (Å²) in [6, 6.07) is 0. The first-order chi connectivity index (χ1) is 9.05. The molecule has 2 rings (SSSR count). The third kappa shape index (κ3) is 3.53. The predicted octanol–water partition coefficient (Wildman–Crippen LogP) is 4.62. The zero-order valence-corrected chi connectivity index (χ0v) is 12.4. The fourth-order valence-corrected chi connectivity index (χ4v) is 4.13. The first-order valence-electron chi connectivity index (χ1n) is 7.58. The van der Waals surface area contributed by atoms with Gasteiger partial charge in [-0.05, 0) is 75.5 Å². The van der Waals surface area contributed by atoms with E-state index in [0.717, 1.165) is 31.1 Å². The molecule has 0 saturated heterocycles. The van der Waals surface area contributed by atoms with Crippen LogP contribution in [0.4, 0.5) is 0 Å². The van der Waals surface area contributed by atoms with Gasteiger partial charge in [-0.2, -0.15) is 0 Å². The van der Waals surface area contributed by atoms with Crippen LogP contribution in [0.25, 0.3) is 0 Å². The lowest BCUT2D eigenvalue weighted by Crippen LogP contribution is -2.38. The Morgan fingerprint density at radius 2 is 1.68 bits per heavy atom. The number of hydrogen-bond acceptors (Lipinski definition) is 1. The monoisotopic (exact) mass is 284 g/mol. The van der Waals surface area contributed by atoms with Gasteiger partial charge in [0.1, 0.15) is 4.87 Å². The van der Waals surface area contributed by atoms with Gasteiger partial charge in [0.25, 0.3) is 0 Å². The number of carboxylic acids is 1. The van der Waals surface area contributed by atoms with Crippen molar-refractivity contribution in [2.24, 2.45) is 17.8 Å². The Kier molecular flexibility index (Phi) is 4.94. The third-order valence-corrected chi connectivity index (χ3v) is 5.80. The van der Waals surface area contributed by atoms with Crippen LogP contribution in [-0.2, 0) is 4.79 Å². The second kappa shape index (κ2) is 6.30. The van der Waals surface area contributed by atoms with Crippen molar-refractivity contribution in [2.45, 2.75) is 62.7 Å². The van der Waals surface area contributed by atoms with E-state index in [4.69, 9.17) is 16.7 Å². The van der Waals surface area contributed by atoms with E-state index in [-0.39, 0.29) is 0 Å². The third-order valence-electron chi connectivity index (χ3n) is 5.26. The summed E-state index contributed by atoms with van der Waals surface area (Å²) in [5, 5.41) is 9.15. The molecule has 0 bridgehead atoms. The number of carbonyl (C=O) groups is 1. The number of hydrogen-bond donors (Lipinski definition) is 1. The predicted molar refractivity (Wildman–Crippen MR) is 78.4 cm³/mol. The lowest BCUT2D eigenvalue weighted by molar-refractivity contribution is -0.141. The molecule has 0 aromatic carbocycles. The van der Waals surface area contributed by atoms with Gasteiger partial charge in [-0.25, -0.2) is 0 Å². The van der Waals surface area contributed by atoms with Gasteiger partial charge in [-0.1, -0.05) is 6.08 Å². The molecule has 0 unspecified atom stereocenters. The van der Waals surface area contributed by atoms with Crippen LogP contribution >= 0.6 is 11.6 Å². The highest BCUT2D eigenvalue weighted by Gasteiger charge is 2.42. The van der Waals surface area contributed by atoms with Crippen molar-refractivity contribution in [3.8, 4) is 0 Å². The maximum absolute atomic E-state index is 11.1. The Morgan fingerprint density at radius 3 is 2.16 bits per heavy atom. The molecular weight excluding hydrogens is 260 g/mol. The molecule has 0 aromatic heterocycles. The molecule has 1 N–H and O–H groups in total. The standard InChI is InChI=1S/C16H25ClO2/c1-2-3-12-4-6-13(7-5-12)14-8-10-16(17,11-9-14)15(18)19/h2,12-14H,1,3-11H2,(H,18,19). The van der Waals surface area contributed by atoms with Crippen LogP contribution in [-0.4, -0.2) is 16.0 Å². The van der Waals surface area contributed by atoms with Crippen molar-refractivity contribution in [3.63, 3.8) is 0 Å². The van der Waals surface area contributed by atoms with Gasteiger partial charge < -0.3 is 5.11 Å². The quantitative estimate of drug-likeness (QED) is 0.604. The highest BCUT2D eigenvalue weighted by atomic mass is 35.5. The SMILES string of the molecule is C=CCC1CCC(C2CCC(Cl)(C(=O)O)CC2)CC1. The van der Waals surface area contributed by atoms with E-state index in [2.05, 4.69) is 6.58 Å². The molecule has 2 aliphatic carbocycles. The lowest BCUT2D eigenvalue weighted by atomic mass is 9.68. The van der Waals surface area contributed by atoms with Crippen LogP contribution in [0, 0.1) is 17.8 Å². The van der Waals surface area contributed by atoms with Crippen molar-refractivity contribution in [2.75, 3.05) is 0 Å². The molecule has 2 nitrogen and oxygen atoms in total. The van der Waals surface area contributed by atoms with E-state index < -0.39 is 10.8 Å². The molecule has 19 heavy (non-hydrogen) atoms. The normalized spacial score (nSPS) is 39.7. The average Bonchev–Trinajstić information content (AvgIpc) is 2.41. The molecule has 3 heteroatoms. The largest absolute Gasteiger partial charge is 0.480 e. The first kappa shape index (κ1) is 14.9. The zero-order valence-electron chi connectivity index (χ0n) is 11.6. The Bertz CT molecular complexity index is 324. The highest BCUT2D eigenvalue weighted by Crippen LogP contribution is 2.45. The smallest absolute Gasteiger partial charge is 0.324 e. The van der Waals surface area contributed by atoms with E-state index >= 15 is 0 Å². The summed E-state index contributed by atoms with van der Waals surface area (Å²) in [5.74, 6) is 1.51. The fraction of sp³-hybridized carbons (Fsp3) is 0.812. The number of halogens is 1. The maximum atomic E-state index is 11.1. The zero-order chi connectivity index (χ0) is 13.9. The van der Waals surface area contributed by atoms with E-state index in [0.29, 0.717) is 18.8 Å². The van der Waals surface area contributed by atoms with Crippen molar-refractivity contribution in [1.82, 2.24) is 0 Å². The molecule has 0 amide bonds. The maximum Gasteiger partial charge on any atom is 0.324 e. The summed E-state index contributed by atoms with van der Waals surface area (Å²) in [4.78, 5) is 10.2. The van der Waals surface area contributed by atoms with E-state index in [1.54, 1.807) is 0 Å². The molecule has 2 saturated carbocycles. The van der Waals surface area contributed by atoms with Gasteiger partial charge in [0, 0.05) is 0 Å². The van der Waals surface area contributed by atoms with Crippen LogP contribution in [0.3, 0.4) is 0 Å². The minimum Gasteiger partial charge on any atom is -0.480 e. The molecule has 0 radical (unpaired) electrons. The number of allylic oxidation sites excluding steroid dienone is 1. The van der Waals surface area contributed by atoms with Gasteiger partial charge in [-0.15, -0.1) is 18.2 Å². The van der Waals surface area contributed by atoms with Gasteiger partial charge >= 0.3 is 5.97 Å². The van der Waals surface area contributed by atoms with E-state index in [1.165, 1.54) is 25.7 Å². The number of rotatable bonds is 4. The van der Waals surface area contributed by atoms with Crippen molar-refractivity contribution in [3.05, 3.63) is 12.7 Å². The van der Waals surface area contributed by atoms with Gasteiger partial charge in [0.15, 0.2) is 0 Å². The number of alkyl halides is 1. The van der Waals surface area contributed by atoms with Crippen molar-refractivity contribution in [1.29, 1.82) is 0 Å². The van der Waals surface area contributed by atoms with Crippen LogP contribution in [0.1, 0.15) is 57.8 Å². The van der Waals surface area contributed by atoms with Gasteiger partial charge in [0.2, 0.25) is 0 Å². The second-order valence-electron chi connectivity index (χ2n) is 6.41. The van der Waals surface area contributed by atoms with Crippen LogP contribution < -0.4 is 0 Å². The Balaban J connectivity index is 1.80. The molecule has 0 spiro atoms. The summed E-state index contributed by atoms with van der Waals surface area (Å²) in [5.41, 5.74) is 0. The molecule has 0 heterocycles. The number of carboxylic acid groups (broad SMARTS) is 1. The molecular formula is C16H25ClO2. The van der Waals surface area contributed by atoms with Gasteiger partial charge in [-0.3, -0.25) is 4.79 Å². The van der Waals surface area contributed by atoms with Crippen molar-refractivity contribution >= 4 is 17.6 Å². The molecule has 0 aliphatic heterocycles. The molecule has 0 aromatic rings. The molecule has 0 atom stereocenters. The molecule has 108 valence electrons. The first-order valence-corrected chi connectivity index (χ1v) is 7.96. The van der Waals surface area contributed by atoms with Crippen molar-refractivity contribution < 1.29 is 9.90 Å². The Morgan fingerprint density at radius 1 is 1.16 bits per heavy atom. The fourth-order valence-electron chi connectivity index (χ4n) is 3.91. The van der Waals surface area contributed by atoms with Crippen LogP contribution in [0.5, 0.6) is 0 Å². The van der Waals surface area contributed by atoms with E-state index in [9.17, 15) is 4.79 Å².